The van der Waals surface area contributed by atoms with Crippen molar-refractivity contribution in [2.75, 3.05) is 0 Å². The van der Waals surface area contributed by atoms with E-state index in [9.17, 15) is 0 Å². The van der Waals surface area contributed by atoms with Crippen LogP contribution in [-0.4, -0.2) is 25.6 Å². The highest BCUT2D eigenvalue weighted by molar-refractivity contribution is 5.32. The Bertz CT molecular complexity index is 517. The molecule has 0 spiro atoms. The van der Waals surface area contributed by atoms with E-state index >= 15 is 0 Å². The first-order valence-electron chi connectivity index (χ1n) is 6.05. The van der Waals surface area contributed by atoms with Crippen LogP contribution in [0.4, 0.5) is 0 Å². The molecular weight excluding hydrogens is 214 g/mol. The van der Waals surface area contributed by atoms with Gasteiger partial charge < -0.3 is 5.73 Å². The van der Waals surface area contributed by atoms with Crippen LogP contribution in [0.3, 0.4) is 0 Å². The molecule has 0 saturated carbocycles. The Kier molecular flexibility index (Phi) is 3.38. The zero-order valence-corrected chi connectivity index (χ0v) is 10.6. The predicted molar refractivity (Wildman–Crippen MR) is 66.8 cm³/mol. The van der Waals surface area contributed by atoms with E-state index in [-0.39, 0.29) is 6.04 Å². The summed E-state index contributed by atoms with van der Waals surface area (Å²) in [7, 11) is 0. The minimum Gasteiger partial charge on any atom is -0.327 e. The van der Waals surface area contributed by atoms with Crippen LogP contribution in [0.1, 0.15) is 37.0 Å². The van der Waals surface area contributed by atoms with Crippen LogP contribution in [0.5, 0.6) is 0 Å². The summed E-state index contributed by atoms with van der Waals surface area (Å²) in [5, 5.41) is 8.29. The summed E-state index contributed by atoms with van der Waals surface area (Å²) in [6.45, 7) is 6.14. The number of nitrogens with zero attached hydrogens (tertiary/aromatic N) is 4. The Morgan fingerprint density at radius 3 is 2.82 bits per heavy atom. The average Bonchev–Trinajstić information content (AvgIpc) is 2.61. The van der Waals surface area contributed by atoms with Crippen LogP contribution in [0.15, 0.2) is 6.07 Å². The minimum absolute atomic E-state index is 0.146. The van der Waals surface area contributed by atoms with Crippen molar-refractivity contribution in [1.29, 1.82) is 0 Å². The molecule has 0 aromatic carbocycles. The molecule has 0 saturated heterocycles. The van der Waals surface area contributed by atoms with Crippen molar-refractivity contribution >= 4 is 5.78 Å². The highest BCUT2D eigenvalue weighted by atomic mass is 15.3. The molecule has 1 atom stereocenters. The first kappa shape index (κ1) is 12.0. The standard InChI is InChI=1S/C12H19N5/c1-4-5-10(13)7-11-15-16-12-14-8(2)6-9(3)17(11)12/h6,10H,4-5,7,13H2,1-3H3. The Morgan fingerprint density at radius 1 is 1.35 bits per heavy atom. The van der Waals surface area contributed by atoms with Gasteiger partial charge in [0.2, 0.25) is 0 Å². The van der Waals surface area contributed by atoms with Crippen molar-refractivity contribution in [3.8, 4) is 0 Å². The van der Waals surface area contributed by atoms with Gasteiger partial charge in [-0.2, -0.15) is 0 Å². The van der Waals surface area contributed by atoms with Crippen LogP contribution < -0.4 is 5.73 Å². The lowest BCUT2D eigenvalue weighted by Crippen LogP contribution is -2.23. The third kappa shape index (κ3) is 2.44. The summed E-state index contributed by atoms with van der Waals surface area (Å²) in [4.78, 5) is 4.36. The van der Waals surface area contributed by atoms with Crippen molar-refractivity contribution in [2.45, 2.75) is 46.1 Å². The summed E-state index contributed by atoms with van der Waals surface area (Å²) in [5.74, 6) is 1.58. The molecule has 2 rings (SSSR count). The first-order chi connectivity index (χ1) is 8.11. The number of hydrogen-bond donors (Lipinski definition) is 1. The van der Waals surface area contributed by atoms with E-state index in [4.69, 9.17) is 5.73 Å². The minimum atomic E-state index is 0.146. The fraction of sp³-hybridized carbons (Fsp3) is 0.583. The molecule has 0 fully saturated rings. The molecule has 2 heterocycles. The van der Waals surface area contributed by atoms with E-state index in [0.717, 1.165) is 36.5 Å². The van der Waals surface area contributed by atoms with Crippen molar-refractivity contribution in [3.05, 3.63) is 23.3 Å². The molecule has 0 bridgehead atoms. The molecule has 0 radical (unpaired) electrons. The van der Waals surface area contributed by atoms with Crippen LogP contribution >= 0.6 is 0 Å². The maximum Gasteiger partial charge on any atom is 0.255 e. The third-order valence-electron chi connectivity index (χ3n) is 2.86. The van der Waals surface area contributed by atoms with Crippen molar-refractivity contribution in [2.24, 2.45) is 5.73 Å². The number of aromatic nitrogens is 4. The SMILES string of the molecule is CCCC(N)Cc1nnc2nc(C)cc(C)n12. The third-order valence-corrected chi connectivity index (χ3v) is 2.86. The first-order valence-corrected chi connectivity index (χ1v) is 6.05. The normalized spacial score (nSPS) is 13.2. The van der Waals surface area contributed by atoms with Gasteiger partial charge in [-0.3, -0.25) is 4.40 Å². The molecule has 2 aromatic rings. The number of fused-ring (bicyclic) bond motifs is 1. The van der Waals surface area contributed by atoms with Crippen molar-refractivity contribution < 1.29 is 0 Å². The van der Waals surface area contributed by atoms with E-state index in [1.54, 1.807) is 0 Å². The molecular formula is C12H19N5. The molecule has 2 N–H and O–H groups in total. The van der Waals surface area contributed by atoms with Crippen LogP contribution in [0, 0.1) is 13.8 Å². The number of nitrogens with two attached hydrogens (primary N) is 1. The molecule has 2 aromatic heterocycles. The summed E-state index contributed by atoms with van der Waals surface area (Å²) in [6, 6.07) is 2.18. The van der Waals surface area contributed by atoms with Crippen molar-refractivity contribution in [3.63, 3.8) is 0 Å². The van der Waals surface area contributed by atoms with Gasteiger partial charge in [0.25, 0.3) is 5.78 Å². The van der Waals surface area contributed by atoms with E-state index in [2.05, 4.69) is 22.1 Å². The van der Waals surface area contributed by atoms with Crippen molar-refractivity contribution in [1.82, 2.24) is 19.6 Å². The van der Waals surface area contributed by atoms with Crippen LogP contribution in [0.2, 0.25) is 0 Å². The second-order valence-electron chi connectivity index (χ2n) is 4.54. The Labute approximate surface area is 101 Å². The van der Waals surface area contributed by atoms with Gasteiger partial charge in [-0.25, -0.2) is 4.98 Å². The maximum absolute atomic E-state index is 6.04. The lowest BCUT2D eigenvalue weighted by atomic mass is 10.1. The molecule has 0 amide bonds. The lowest BCUT2D eigenvalue weighted by molar-refractivity contribution is 0.581. The van der Waals surface area contributed by atoms with Gasteiger partial charge in [-0.05, 0) is 26.3 Å². The zero-order valence-electron chi connectivity index (χ0n) is 10.6. The molecule has 0 aliphatic heterocycles. The fourth-order valence-corrected chi connectivity index (χ4v) is 2.14. The highest BCUT2D eigenvalue weighted by Crippen LogP contribution is 2.10. The summed E-state index contributed by atoms with van der Waals surface area (Å²) < 4.78 is 1.99. The van der Waals surface area contributed by atoms with Gasteiger partial charge in [-0.15, -0.1) is 10.2 Å². The van der Waals surface area contributed by atoms with Gasteiger partial charge in [0.15, 0.2) is 0 Å². The molecule has 1 unspecified atom stereocenters. The van der Waals surface area contributed by atoms with Gasteiger partial charge >= 0.3 is 0 Å². The topological polar surface area (TPSA) is 69.1 Å². The largest absolute Gasteiger partial charge is 0.327 e. The fourth-order valence-electron chi connectivity index (χ4n) is 2.14. The molecule has 5 nitrogen and oxygen atoms in total. The van der Waals surface area contributed by atoms with Gasteiger partial charge in [-0.1, -0.05) is 13.3 Å². The molecule has 0 aliphatic carbocycles. The molecule has 92 valence electrons. The second kappa shape index (κ2) is 4.79. The van der Waals surface area contributed by atoms with E-state index < -0.39 is 0 Å². The van der Waals surface area contributed by atoms with E-state index in [1.807, 2.05) is 24.3 Å². The maximum atomic E-state index is 6.04. The Hall–Kier alpha value is -1.49. The summed E-state index contributed by atoms with van der Waals surface area (Å²) >= 11 is 0. The number of rotatable bonds is 4. The van der Waals surface area contributed by atoms with E-state index in [1.165, 1.54) is 0 Å². The smallest absolute Gasteiger partial charge is 0.255 e. The number of aryl methyl sites for hydroxylation is 2. The molecule has 0 aliphatic rings. The number of hydrogen-bond acceptors (Lipinski definition) is 4. The molecule has 17 heavy (non-hydrogen) atoms. The zero-order chi connectivity index (χ0) is 12.4. The van der Waals surface area contributed by atoms with E-state index in [0.29, 0.717) is 5.78 Å². The highest BCUT2D eigenvalue weighted by Gasteiger charge is 2.12. The van der Waals surface area contributed by atoms with Gasteiger partial charge in [0.05, 0.1) is 0 Å². The molecule has 5 heteroatoms. The van der Waals surface area contributed by atoms with Crippen LogP contribution in [0.25, 0.3) is 5.78 Å². The Morgan fingerprint density at radius 2 is 2.12 bits per heavy atom. The Balaban J connectivity index is 2.36. The van der Waals surface area contributed by atoms with Gasteiger partial charge in [0.1, 0.15) is 5.82 Å². The quantitative estimate of drug-likeness (QED) is 0.867. The average molecular weight is 233 g/mol. The monoisotopic (exact) mass is 233 g/mol. The predicted octanol–water partition coefficient (Wildman–Crippen LogP) is 1.41. The second-order valence-corrected chi connectivity index (χ2v) is 4.54. The van der Waals surface area contributed by atoms with Gasteiger partial charge in [0, 0.05) is 23.9 Å². The lowest BCUT2D eigenvalue weighted by Gasteiger charge is -2.09. The summed E-state index contributed by atoms with van der Waals surface area (Å²) in [6.07, 6.45) is 2.85. The summed E-state index contributed by atoms with van der Waals surface area (Å²) in [5.41, 5.74) is 8.12. The van der Waals surface area contributed by atoms with Crippen LogP contribution in [-0.2, 0) is 6.42 Å².